The number of hydrogen-bond donors (Lipinski definition) is 2. The molecule has 0 aliphatic heterocycles. The van der Waals surface area contributed by atoms with Gasteiger partial charge in [-0.2, -0.15) is 12.4 Å². The molecule has 15 heteroatoms. The maximum atomic E-state index is 4.87. The third-order valence-corrected chi connectivity index (χ3v) is 7.39. The van der Waals surface area contributed by atoms with E-state index in [2.05, 4.69) is 54.9 Å². The molecular formula is C32H39Cl4Co2IN8. The third kappa shape index (κ3) is 17.3. The van der Waals surface area contributed by atoms with Gasteiger partial charge < -0.3 is 19.9 Å². The number of hydrogen-bond acceptors (Lipinski definition) is 4. The van der Waals surface area contributed by atoms with Gasteiger partial charge in [-0.25, -0.2) is 0 Å². The summed E-state index contributed by atoms with van der Waals surface area (Å²) < 4.78 is 0. The maximum absolute atomic E-state index is 4.87. The van der Waals surface area contributed by atoms with Gasteiger partial charge in [0.25, 0.3) is 0 Å². The summed E-state index contributed by atoms with van der Waals surface area (Å²) in [7, 11) is 17.7. The summed E-state index contributed by atoms with van der Waals surface area (Å²) in [5, 5.41) is 0. The van der Waals surface area contributed by atoms with Crippen molar-refractivity contribution in [2.45, 2.75) is 75.5 Å². The van der Waals surface area contributed by atoms with Crippen LogP contribution in [0, 0.1) is 0 Å². The van der Waals surface area contributed by atoms with Gasteiger partial charge in [0.2, 0.25) is 0 Å². The fourth-order valence-electron chi connectivity index (χ4n) is 5.20. The molecule has 8 nitrogen and oxygen atoms in total. The van der Waals surface area contributed by atoms with E-state index < -0.39 is 10.9 Å². The fourth-order valence-corrected chi connectivity index (χ4v) is 5.20. The number of aromatic nitrogens is 4. The third-order valence-electron chi connectivity index (χ3n) is 7.39. The van der Waals surface area contributed by atoms with E-state index in [1.807, 2.05) is 85.8 Å². The summed E-state index contributed by atoms with van der Waals surface area (Å²) >= 11 is 3.03. The van der Waals surface area contributed by atoms with Gasteiger partial charge in [0.1, 0.15) is 0 Å². The van der Waals surface area contributed by atoms with E-state index >= 15 is 0 Å². The molecule has 0 unspecified atom stereocenters. The van der Waals surface area contributed by atoms with Crippen molar-refractivity contribution in [1.29, 1.82) is 0 Å². The van der Waals surface area contributed by atoms with Crippen molar-refractivity contribution in [3.05, 3.63) is 96.1 Å². The monoisotopic (exact) mass is 920 g/mol. The van der Waals surface area contributed by atoms with E-state index in [4.69, 9.17) is 40.4 Å². The molecular weight excluding hydrogens is 883 g/mol. The molecule has 0 saturated heterocycles. The first-order valence-corrected chi connectivity index (χ1v) is 20.6. The fraction of sp³-hybridized carbons (Fsp3) is 0.375. The van der Waals surface area contributed by atoms with E-state index in [0.29, 0.717) is 12.1 Å². The van der Waals surface area contributed by atoms with Crippen LogP contribution in [0.1, 0.15) is 74.1 Å². The number of rotatable bonds is 8. The molecule has 2 N–H and O–H groups in total. The Morgan fingerprint density at radius 1 is 0.596 bits per heavy atom. The molecule has 0 aromatic carbocycles. The summed E-state index contributed by atoms with van der Waals surface area (Å²) in [6.07, 6.45) is 24.5. The predicted octanol–water partition coefficient (Wildman–Crippen LogP) is 9.01. The average molecular weight is 922 g/mol. The molecule has 6 rings (SSSR count). The SMILES string of the molecule is C(=N[C@H]1CCCC[C@@H]1N=Cc1ccc[n-]1)c1ccc[n-]1.C(=N[C@H]1CCCC[C@@H]1N=Cc1ccc[nH]1)c1ccc[nH]1.I.[Cl][Co+2].[Cl][Co]([Cl])[Cl]. The second-order valence-electron chi connectivity index (χ2n) is 10.5. The minimum absolute atomic E-state index is 0. The molecule has 47 heavy (non-hydrogen) atoms. The summed E-state index contributed by atoms with van der Waals surface area (Å²) in [5.74, 6) is 0. The number of aromatic amines is 2. The van der Waals surface area contributed by atoms with Crippen LogP contribution in [-0.2, 0) is 25.8 Å². The van der Waals surface area contributed by atoms with Gasteiger partial charge in [0.05, 0.1) is 35.6 Å². The molecule has 0 spiro atoms. The number of halogens is 5. The Morgan fingerprint density at radius 3 is 1.21 bits per heavy atom. The summed E-state index contributed by atoms with van der Waals surface area (Å²) in [4.78, 5) is 33.6. The molecule has 0 radical (unpaired) electrons. The van der Waals surface area contributed by atoms with Gasteiger partial charge in [-0.3, -0.25) is 20.0 Å². The topological polar surface area (TPSA) is 109 Å². The molecule has 2 fully saturated rings. The van der Waals surface area contributed by atoms with E-state index in [-0.39, 0.29) is 36.1 Å². The minimum atomic E-state index is -1.19. The van der Waals surface area contributed by atoms with Crippen LogP contribution in [0.2, 0.25) is 0 Å². The van der Waals surface area contributed by atoms with Crippen LogP contribution in [0.15, 0.2) is 93.3 Å². The Bertz CT molecular complexity index is 1190. The molecule has 4 atom stereocenters. The summed E-state index contributed by atoms with van der Waals surface area (Å²) in [5.41, 5.74) is 3.97. The van der Waals surface area contributed by atoms with Crippen LogP contribution in [-0.4, -0.2) is 59.0 Å². The van der Waals surface area contributed by atoms with Gasteiger partial charge in [-0.1, -0.05) is 49.9 Å². The van der Waals surface area contributed by atoms with Crippen LogP contribution in [0.25, 0.3) is 0 Å². The van der Waals surface area contributed by atoms with Crippen LogP contribution in [0.5, 0.6) is 0 Å². The zero-order chi connectivity index (χ0) is 32.8. The molecule has 4 heterocycles. The second-order valence-corrected chi connectivity index (χ2v) is 15.6. The number of nitrogens with zero attached hydrogens (tertiary/aromatic N) is 6. The first-order chi connectivity index (χ1) is 22.6. The normalized spacial score (nSPS) is 21.3. The van der Waals surface area contributed by atoms with Gasteiger partial charge >= 0.3 is 66.4 Å². The number of nitrogens with one attached hydrogen (secondary N) is 2. The molecule has 2 aliphatic carbocycles. The molecule has 2 aliphatic rings. The zero-order valence-electron chi connectivity index (χ0n) is 25.5. The average Bonchev–Trinajstić information content (AvgIpc) is 3.92. The first kappa shape index (κ1) is 41.9. The molecule has 2 saturated carbocycles. The van der Waals surface area contributed by atoms with Gasteiger partial charge in [-0.15, -0.1) is 35.4 Å². The van der Waals surface area contributed by atoms with Crippen molar-refractivity contribution >= 4 is 89.4 Å². The van der Waals surface area contributed by atoms with Gasteiger partial charge in [-0.05, 0) is 49.9 Å². The van der Waals surface area contributed by atoms with Crippen molar-refractivity contribution in [3.8, 4) is 0 Å². The van der Waals surface area contributed by atoms with Crippen molar-refractivity contribution in [3.63, 3.8) is 0 Å². The first-order valence-electron chi connectivity index (χ1n) is 14.9. The number of aliphatic imine (C=N–C) groups is 4. The molecule has 260 valence electrons. The van der Waals surface area contributed by atoms with Gasteiger partial charge in [0, 0.05) is 37.3 Å². The summed E-state index contributed by atoms with van der Waals surface area (Å²) in [6.45, 7) is 0. The Morgan fingerprint density at radius 2 is 0.936 bits per heavy atom. The van der Waals surface area contributed by atoms with E-state index in [1.54, 1.807) is 12.4 Å². The van der Waals surface area contributed by atoms with Crippen molar-refractivity contribution < 1.29 is 25.8 Å². The zero-order valence-corrected chi connectivity index (χ0v) is 32.9. The van der Waals surface area contributed by atoms with Crippen LogP contribution >= 0.6 is 64.6 Å². The predicted molar refractivity (Wildman–Crippen MR) is 202 cm³/mol. The molecule has 4 aromatic rings. The Hall–Kier alpha value is -1.30. The van der Waals surface area contributed by atoms with Crippen molar-refractivity contribution in [1.82, 2.24) is 19.9 Å². The van der Waals surface area contributed by atoms with Crippen LogP contribution < -0.4 is 9.97 Å². The molecule has 0 amide bonds. The number of H-pyrrole nitrogens is 2. The second kappa shape index (κ2) is 25.6. The standard InChI is InChI=1S/C16H20N4.C16H18N4.4ClH.2Co.HI/c2*1-2-8-16(20-12-14-6-4-10-18-14)15(7-1)19-11-13-5-3-9-17-13;;;;;;;/h3-6,9-12,15-18H,1-2,7-8H2;3-6,9-12,15-16H,1-2,7-8H2;4*1H;;;1H/q;-2;;;;;2*+3;/p-4/t2*15-,16-;;;;;;;/m00......./s1. The Labute approximate surface area is 323 Å². The van der Waals surface area contributed by atoms with Crippen molar-refractivity contribution in [2.24, 2.45) is 20.0 Å². The van der Waals surface area contributed by atoms with Crippen LogP contribution in [0.4, 0.5) is 0 Å². The van der Waals surface area contributed by atoms with E-state index in [9.17, 15) is 0 Å². The quantitative estimate of drug-likeness (QED) is 0.136. The van der Waals surface area contributed by atoms with Crippen LogP contribution in [0.3, 0.4) is 0 Å². The summed E-state index contributed by atoms with van der Waals surface area (Å²) in [6, 6.07) is 17.0. The van der Waals surface area contributed by atoms with E-state index in [0.717, 1.165) is 48.5 Å². The van der Waals surface area contributed by atoms with Gasteiger partial charge in [0.15, 0.2) is 0 Å². The molecule has 0 bridgehead atoms. The van der Waals surface area contributed by atoms with E-state index in [1.165, 1.54) is 25.7 Å². The Kier molecular flexibility index (Phi) is 22.8. The molecule has 4 aromatic heterocycles. The van der Waals surface area contributed by atoms with Crippen molar-refractivity contribution in [2.75, 3.05) is 0 Å². The Balaban J connectivity index is 0.000000275.